The van der Waals surface area contributed by atoms with Crippen molar-refractivity contribution in [3.05, 3.63) is 66.2 Å². The van der Waals surface area contributed by atoms with Crippen molar-refractivity contribution < 1.29 is 9.90 Å². The highest BCUT2D eigenvalue weighted by molar-refractivity contribution is 5.94. The highest BCUT2D eigenvalue weighted by atomic mass is 16.3. The molecule has 0 saturated carbocycles. The van der Waals surface area contributed by atoms with Crippen LogP contribution in [-0.2, 0) is 13.2 Å². The zero-order chi connectivity index (χ0) is 17.9. The largest absolute Gasteiger partial charge is 0.390 e. The third-order valence-corrected chi connectivity index (χ3v) is 4.80. The topological polar surface area (TPSA) is 76.2 Å². The van der Waals surface area contributed by atoms with Gasteiger partial charge in [-0.25, -0.2) is 0 Å². The number of nitrogens with zero attached hydrogens (tertiary/aromatic N) is 5. The third kappa shape index (κ3) is 3.25. The lowest BCUT2D eigenvalue weighted by molar-refractivity contribution is 0.0721. The minimum absolute atomic E-state index is 0.0500. The fraction of sp³-hybridized carbons (Fsp3) is 0.316. The molecule has 0 unspecified atom stereocenters. The van der Waals surface area contributed by atoms with E-state index in [0.717, 1.165) is 25.1 Å². The summed E-state index contributed by atoms with van der Waals surface area (Å²) in [5, 5.41) is 17.0. The first kappa shape index (κ1) is 16.5. The Morgan fingerprint density at radius 2 is 1.96 bits per heavy atom. The molecule has 0 radical (unpaired) electrons. The number of aliphatic hydroxyl groups excluding tert-OH is 1. The van der Waals surface area contributed by atoms with Gasteiger partial charge in [-0.1, -0.05) is 5.21 Å². The molecule has 2 aromatic heterocycles. The molecule has 1 N–H and O–H groups in total. The Morgan fingerprint density at radius 3 is 2.65 bits per heavy atom. The van der Waals surface area contributed by atoms with Crippen molar-refractivity contribution in [1.29, 1.82) is 0 Å². The SMILES string of the molecule is O=C(c1ccc(-n2cccc2)cc1)N1CCC[C@H]1Cn1cc(CO)nn1. The first-order valence-electron chi connectivity index (χ1n) is 8.79. The summed E-state index contributed by atoms with van der Waals surface area (Å²) in [5.41, 5.74) is 2.27. The predicted molar refractivity (Wildman–Crippen MR) is 95.8 cm³/mol. The van der Waals surface area contributed by atoms with Gasteiger partial charge in [0.1, 0.15) is 5.69 Å². The molecular weight excluding hydrogens is 330 g/mol. The first-order chi connectivity index (χ1) is 12.7. The van der Waals surface area contributed by atoms with E-state index in [0.29, 0.717) is 17.8 Å². The van der Waals surface area contributed by atoms with E-state index in [1.54, 1.807) is 10.9 Å². The van der Waals surface area contributed by atoms with E-state index in [2.05, 4.69) is 10.3 Å². The summed E-state index contributed by atoms with van der Waals surface area (Å²) in [7, 11) is 0. The molecule has 3 heterocycles. The molecule has 4 rings (SSSR count). The highest BCUT2D eigenvalue weighted by Gasteiger charge is 2.30. The van der Waals surface area contributed by atoms with Crippen LogP contribution in [0.25, 0.3) is 5.69 Å². The molecule has 0 aliphatic carbocycles. The van der Waals surface area contributed by atoms with E-state index in [1.807, 2.05) is 58.3 Å². The van der Waals surface area contributed by atoms with Gasteiger partial charge in [0.25, 0.3) is 5.91 Å². The van der Waals surface area contributed by atoms with Gasteiger partial charge in [-0.3, -0.25) is 9.48 Å². The number of benzene rings is 1. The van der Waals surface area contributed by atoms with Gasteiger partial charge in [-0.2, -0.15) is 0 Å². The maximum atomic E-state index is 12.9. The second kappa shape index (κ2) is 7.13. The monoisotopic (exact) mass is 351 g/mol. The van der Waals surface area contributed by atoms with E-state index in [9.17, 15) is 4.79 Å². The fourth-order valence-corrected chi connectivity index (χ4v) is 3.46. The molecule has 0 spiro atoms. The maximum Gasteiger partial charge on any atom is 0.254 e. The van der Waals surface area contributed by atoms with Crippen LogP contribution in [0.4, 0.5) is 0 Å². The quantitative estimate of drug-likeness (QED) is 0.761. The number of likely N-dealkylation sites (tertiary alicyclic amines) is 1. The zero-order valence-corrected chi connectivity index (χ0v) is 14.4. The molecule has 1 atom stereocenters. The number of hydrogen-bond acceptors (Lipinski definition) is 4. The first-order valence-corrected chi connectivity index (χ1v) is 8.79. The lowest BCUT2D eigenvalue weighted by Crippen LogP contribution is -2.38. The number of hydrogen-bond donors (Lipinski definition) is 1. The summed E-state index contributed by atoms with van der Waals surface area (Å²) in [6.07, 6.45) is 7.62. The van der Waals surface area contributed by atoms with E-state index in [1.165, 1.54) is 0 Å². The second-order valence-corrected chi connectivity index (χ2v) is 6.52. The Labute approximate surface area is 151 Å². The normalized spacial score (nSPS) is 17.0. The second-order valence-electron chi connectivity index (χ2n) is 6.52. The average Bonchev–Trinajstić information content (AvgIpc) is 3.43. The number of aliphatic hydroxyl groups is 1. The number of rotatable bonds is 5. The summed E-state index contributed by atoms with van der Waals surface area (Å²) in [4.78, 5) is 14.9. The van der Waals surface area contributed by atoms with Crippen LogP contribution < -0.4 is 0 Å². The lowest BCUT2D eigenvalue weighted by atomic mass is 10.1. The minimum atomic E-state index is -0.124. The molecule has 26 heavy (non-hydrogen) atoms. The summed E-state index contributed by atoms with van der Waals surface area (Å²) < 4.78 is 3.72. The van der Waals surface area contributed by atoms with Gasteiger partial charge in [-0.05, 0) is 49.2 Å². The molecule has 1 aliphatic heterocycles. The molecule has 1 saturated heterocycles. The summed E-state index contributed by atoms with van der Waals surface area (Å²) in [5.74, 6) is 0.0500. The van der Waals surface area contributed by atoms with Gasteiger partial charge in [0.15, 0.2) is 0 Å². The highest BCUT2D eigenvalue weighted by Crippen LogP contribution is 2.22. The van der Waals surface area contributed by atoms with Gasteiger partial charge >= 0.3 is 0 Å². The van der Waals surface area contributed by atoms with Crippen molar-refractivity contribution in [2.24, 2.45) is 0 Å². The third-order valence-electron chi connectivity index (χ3n) is 4.80. The number of aromatic nitrogens is 4. The minimum Gasteiger partial charge on any atom is -0.390 e. The molecule has 7 nitrogen and oxygen atoms in total. The summed E-state index contributed by atoms with van der Waals surface area (Å²) in [6, 6.07) is 11.7. The zero-order valence-electron chi connectivity index (χ0n) is 14.4. The van der Waals surface area contributed by atoms with Gasteiger partial charge in [-0.15, -0.1) is 5.10 Å². The number of carbonyl (C=O) groups excluding carboxylic acids is 1. The van der Waals surface area contributed by atoms with Crippen LogP contribution in [-0.4, -0.2) is 48.1 Å². The predicted octanol–water partition coefficient (Wildman–Crippen LogP) is 1.87. The van der Waals surface area contributed by atoms with Crippen LogP contribution in [0.2, 0.25) is 0 Å². The molecule has 134 valence electrons. The molecule has 7 heteroatoms. The van der Waals surface area contributed by atoms with E-state index >= 15 is 0 Å². The van der Waals surface area contributed by atoms with Gasteiger partial charge in [0.05, 0.1) is 25.4 Å². The van der Waals surface area contributed by atoms with Crippen molar-refractivity contribution >= 4 is 5.91 Å². The fourth-order valence-electron chi connectivity index (χ4n) is 3.46. The van der Waals surface area contributed by atoms with Crippen LogP contribution in [0.3, 0.4) is 0 Å². The van der Waals surface area contributed by atoms with Crippen LogP contribution in [0, 0.1) is 0 Å². The van der Waals surface area contributed by atoms with Crippen LogP contribution in [0.1, 0.15) is 28.9 Å². The standard InChI is InChI=1S/C19H21N5O2/c25-14-16-12-23(21-20-16)13-18-4-3-11-24(18)19(26)15-5-7-17(8-6-15)22-9-1-2-10-22/h1-2,5-10,12,18,25H,3-4,11,13-14H2/t18-/m0/s1. The Bertz CT molecular complexity index is 870. The Kier molecular flexibility index (Phi) is 4.53. The molecule has 1 amide bonds. The summed E-state index contributed by atoms with van der Waals surface area (Å²) >= 11 is 0. The van der Waals surface area contributed by atoms with Crippen molar-refractivity contribution in [2.75, 3.05) is 6.54 Å². The van der Waals surface area contributed by atoms with E-state index < -0.39 is 0 Å². The van der Waals surface area contributed by atoms with Gasteiger partial charge in [0, 0.05) is 30.2 Å². The van der Waals surface area contributed by atoms with Crippen LogP contribution >= 0.6 is 0 Å². The van der Waals surface area contributed by atoms with Gasteiger partial charge in [0.2, 0.25) is 0 Å². The Hall–Kier alpha value is -2.93. The van der Waals surface area contributed by atoms with Crippen LogP contribution in [0.15, 0.2) is 55.0 Å². The Morgan fingerprint density at radius 1 is 1.19 bits per heavy atom. The number of amides is 1. The van der Waals surface area contributed by atoms with Crippen molar-refractivity contribution in [3.8, 4) is 5.69 Å². The molecule has 1 aromatic carbocycles. The smallest absolute Gasteiger partial charge is 0.254 e. The Balaban J connectivity index is 1.47. The molecular formula is C19H21N5O2. The lowest BCUT2D eigenvalue weighted by Gasteiger charge is -2.24. The van der Waals surface area contributed by atoms with E-state index in [4.69, 9.17) is 5.11 Å². The molecule has 1 fully saturated rings. The van der Waals surface area contributed by atoms with Gasteiger partial charge < -0.3 is 14.6 Å². The maximum absolute atomic E-state index is 12.9. The average molecular weight is 351 g/mol. The molecule has 3 aromatic rings. The number of carbonyl (C=O) groups is 1. The van der Waals surface area contributed by atoms with Crippen LogP contribution in [0.5, 0.6) is 0 Å². The summed E-state index contributed by atoms with van der Waals surface area (Å²) in [6.45, 7) is 1.23. The van der Waals surface area contributed by atoms with Crippen molar-refractivity contribution in [2.45, 2.75) is 32.0 Å². The van der Waals surface area contributed by atoms with E-state index in [-0.39, 0.29) is 18.6 Å². The molecule has 0 bridgehead atoms. The van der Waals surface area contributed by atoms with Crippen molar-refractivity contribution in [3.63, 3.8) is 0 Å². The van der Waals surface area contributed by atoms with Crippen molar-refractivity contribution in [1.82, 2.24) is 24.5 Å². The molecule has 1 aliphatic rings.